The molecular weight excluding hydrogens is 429 g/mol. The first-order valence-corrected chi connectivity index (χ1v) is 13.2. The van der Waals surface area contributed by atoms with Gasteiger partial charge in [0.2, 0.25) is 0 Å². The normalized spacial score (nSPS) is 50.6. The third-order valence-electron chi connectivity index (χ3n) is 11.4. The Morgan fingerprint density at radius 2 is 1.58 bits per heavy atom. The van der Waals surface area contributed by atoms with Gasteiger partial charge in [0.15, 0.2) is 5.60 Å². The van der Waals surface area contributed by atoms with Crippen molar-refractivity contribution in [3.8, 4) is 0 Å². The predicted molar refractivity (Wildman–Crippen MR) is 122 cm³/mol. The van der Waals surface area contributed by atoms with Crippen molar-refractivity contribution in [2.45, 2.75) is 122 Å². The summed E-state index contributed by atoms with van der Waals surface area (Å²) < 4.78 is 39.5. The molecule has 4 aliphatic rings. The fourth-order valence-corrected chi connectivity index (χ4v) is 9.27. The van der Waals surface area contributed by atoms with Gasteiger partial charge >= 0.3 is 6.18 Å². The highest BCUT2D eigenvalue weighted by molar-refractivity contribution is 5.12. The molecule has 4 aliphatic carbocycles. The van der Waals surface area contributed by atoms with Crippen molar-refractivity contribution < 1.29 is 28.5 Å². The number of fused-ring (bicyclic) bond motifs is 5. The molecule has 4 saturated carbocycles. The van der Waals surface area contributed by atoms with Crippen molar-refractivity contribution in [1.29, 1.82) is 0 Å². The SMILES string of the molecule is C[C@H](CC[C@](C)(O)C(F)(F)F)[C@H]1CC[C@H]2[C@@H]3CC(O)C4C[C@@](C)(O)CC[C@]4(C)[C@H]3CC[C@]12C. The minimum Gasteiger partial charge on any atom is -0.393 e. The van der Waals surface area contributed by atoms with Gasteiger partial charge in [-0.3, -0.25) is 0 Å². The molecule has 0 radical (unpaired) electrons. The summed E-state index contributed by atoms with van der Waals surface area (Å²) >= 11 is 0. The van der Waals surface area contributed by atoms with Crippen LogP contribution in [-0.2, 0) is 0 Å². The molecule has 0 spiro atoms. The number of rotatable bonds is 4. The van der Waals surface area contributed by atoms with E-state index in [9.17, 15) is 28.5 Å². The second-order valence-corrected chi connectivity index (χ2v) is 13.5. The smallest absolute Gasteiger partial charge is 0.393 e. The van der Waals surface area contributed by atoms with Gasteiger partial charge in [0.1, 0.15) is 0 Å². The lowest BCUT2D eigenvalue weighted by Crippen LogP contribution is -2.59. The average molecular weight is 475 g/mol. The molecule has 0 bridgehead atoms. The van der Waals surface area contributed by atoms with Crippen LogP contribution in [0.2, 0.25) is 0 Å². The number of hydrogen-bond acceptors (Lipinski definition) is 3. The predicted octanol–water partition coefficient (Wildman–Crippen LogP) is 6.10. The Hall–Kier alpha value is -0.330. The summed E-state index contributed by atoms with van der Waals surface area (Å²) in [5.41, 5.74) is -3.17. The molecule has 0 aromatic carbocycles. The molecule has 3 nitrogen and oxygen atoms in total. The Morgan fingerprint density at radius 1 is 0.939 bits per heavy atom. The highest BCUT2D eigenvalue weighted by Crippen LogP contribution is 2.69. The van der Waals surface area contributed by atoms with Crippen molar-refractivity contribution in [1.82, 2.24) is 0 Å². The third kappa shape index (κ3) is 4.18. The average Bonchev–Trinajstić information content (AvgIpc) is 3.04. The van der Waals surface area contributed by atoms with Gasteiger partial charge in [-0.15, -0.1) is 0 Å². The molecule has 4 fully saturated rings. The molecule has 0 saturated heterocycles. The highest BCUT2D eigenvalue weighted by Gasteiger charge is 2.63. The summed E-state index contributed by atoms with van der Waals surface area (Å²) in [6.45, 7) is 9.59. The van der Waals surface area contributed by atoms with Crippen LogP contribution in [-0.4, -0.2) is 38.8 Å². The van der Waals surface area contributed by atoms with Gasteiger partial charge in [0, 0.05) is 0 Å². The quantitative estimate of drug-likeness (QED) is 0.462. The van der Waals surface area contributed by atoms with Gasteiger partial charge < -0.3 is 15.3 Å². The summed E-state index contributed by atoms with van der Waals surface area (Å²) in [4.78, 5) is 0. The Balaban J connectivity index is 1.50. The Morgan fingerprint density at radius 3 is 2.21 bits per heavy atom. The molecular formula is C27H45F3O3. The van der Waals surface area contributed by atoms with E-state index in [4.69, 9.17) is 0 Å². The fraction of sp³-hybridized carbons (Fsp3) is 1.00. The molecule has 3 N–H and O–H groups in total. The van der Waals surface area contributed by atoms with Gasteiger partial charge in [-0.25, -0.2) is 0 Å². The van der Waals surface area contributed by atoms with Crippen LogP contribution >= 0.6 is 0 Å². The lowest BCUT2D eigenvalue weighted by atomic mass is 9.43. The van der Waals surface area contributed by atoms with Gasteiger partial charge in [0.05, 0.1) is 11.7 Å². The lowest BCUT2D eigenvalue weighted by molar-refractivity contribution is -0.256. The van der Waals surface area contributed by atoms with Crippen LogP contribution in [0.5, 0.6) is 0 Å². The van der Waals surface area contributed by atoms with Crippen LogP contribution in [0, 0.1) is 46.3 Å². The van der Waals surface area contributed by atoms with Crippen molar-refractivity contribution in [3.63, 3.8) is 0 Å². The molecule has 6 heteroatoms. The number of alkyl halides is 3. The molecule has 4 rings (SSSR count). The number of halogens is 3. The standard InChI is InChI=1S/C27H45F3O3/c1-16(8-11-26(5,33)27(28,29)30)18-6-7-19-17-14-22(31)21-15-23(2,32)12-13-25(21,4)20(17)9-10-24(18,19)3/h16-22,31-33H,6-15H2,1-5H3/t16-,17+,18-,19+,20+,21?,22?,23+,24-,25-,26+/m1/s1. The van der Waals surface area contributed by atoms with Crippen molar-refractivity contribution in [2.24, 2.45) is 46.3 Å². The molecule has 33 heavy (non-hydrogen) atoms. The summed E-state index contributed by atoms with van der Waals surface area (Å²) in [5, 5.41) is 31.8. The molecule has 0 amide bonds. The van der Waals surface area contributed by atoms with E-state index < -0.39 is 17.4 Å². The zero-order chi connectivity index (χ0) is 24.6. The van der Waals surface area contributed by atoms with Gasteiger partial charge in [-0.1, -0.05) is 20.8 Å². The Bertz CT molecular complexity index is 735. The molecule has 11 atom stereocenters. The minimum atomic E-state index is -4.60. The van der Waals surface area contributed by atoms with Gasteiger partial charge in [-0.2, -0.15) is 13.2 Å². The topological polar surface area (TPSA) is 60.7 Å². The number of hydrogen-bond donors (Lipinski definition) is 3. The zero-order valence-electron chi connectivity index (χ0n) is 21.1. The van der Waals surface area contributed by atoms with Crippen LogP contribution in [0.1, 0.15) is 98.8 Å². The molecule has 0 aromatic heterocycles. The lowest BCUT2D eigenvalue weighted by Gasteiger charge is -2.63. The summed E-state index contributed by atoms with van der Waals surface area (Å²) in [5.74, 6) is 2.15. The van der Waals surface area contributed by atoms with E-state index in [0.717, 1.165) is 51.9 Å². The largest absolute Gasteiger partial charge is 0.416 e. The maximum absolute atomic E-state index is 13.2. The van der Waals surface area contributed by atoms with Gasteiger partial charge in [-0.05, 0) is 124 Å². The number of aliphatic hydroxyl groups is 3. The molecule has 0 aromatic rings. The van der Waals surface area contributed by atoms with Crippen LogP contribution in [0.15, 0.2) is 0 Å². The van der Waals surface area contributed by atoms with E-state index in [1.165, 1.54) is 0 Å². The van der Waals surface area contributed by atoms with E-state index in [-0.39, 0.29) is 35.2 Å². The minimum absolute atomic E-state index is 0.0566. The first-order valence-electron chi connectivity index (χ1n) is 13.2. The van der Waals surface area contributed by atoms with E-state index in [2.05, 4.69) is 20.8 Å². The van der Waals surface area contributed by atoms with Gasteiger partial charge in [0.25, 0.3) is 0 Å². The second-order valence-electron chi connectivity index (χ2n) is 13.5. The van der Waals surface area contributed by atoms with Crippen LogP contribution in [0.3, 0.4) is 0 Å². The molecule has 0 heterocycles. The van der Waals surface area contributed by atoms with Crippen LogP contribution < -0.4 is 0 Å². The summed E-state index contributed by atoms with van der Waals surface area (Å²) in [7, 11) is 0. The second kappa shape index (κ2) is 8.09. The maximum Gasteiger partial charge on any atom is 0.416 e. The van der Waals surface area contributed by atoms with Crippen molar-refractivity contribution in [3.05, 3.63) is 0 Å². The zero-order valence-corrected chi connectivity index (χ0v) is 21.1. The van der Waals surface area contributed by atoms with E-state index in [1.54, 1.807) is 0 Å². The summed E-state index contributed by atoms with van der Waals surface area (Å²) in [6.07, 6.45) is 2.70. The molecule has 192 valence electrons. The third-order valence-corrected chi connectivity index (χ3v) is 11.4. The van der Waals surface area contributed by atoms with Crippen LogP contribution in [0.25, 0.3) is 0 Å². The van der Waals surface area contributed by atoms with Crippen molar-refractivity contribution >= 4 is 0 Å². The first kappa shape index (κ1) is 25.8. The first-order chi connectivity index (χ1) is 15.0. The molecule has 0 aliphatic heterocycles. The Labute approximate surface area is 197 Å². The number of aliphatic hydroxyl groups excluding tert-OH is 1. The highest BCUT2D eigenvalue weighted by atomic mass is 19.4. The maximum atomic E-state index is 13.2. The monoisotopic (exact) mass is 474 g/mol. The van der Waals surface area contributed by atoms with Crippen molar-refractivity contribution in [2.75, 3.05) is 0 Å². The van der Waals surface area contributed by atoms with E-state index in [0.29, 0.717) is 36.5 Å². The fourth-order valence-electron chi connectivity index (χ4n) is 9.27. The van der Waals surface area contributed by atoms with Crippen LogP contribution in [0.4, 0.5) is 13.2 Å². The van der Waals surface area contributed by atoms with E-state index in [1.807, 2.05) is 6.92 Å². The Kier molecular flexibility index (Phi) is 6.32. The van der Waals surface area contributed by atoms with E-state index >= 15 is 0 Å². The molecule has 2 unspecified atom stereocenters. The summed E-state index contributed by atoms with van der Waals surface area (Å²) in [6, 6.07) is 0.